The molecule has 2 amide bonds. The van der Waals surface area contributed by atoms with Crippen LogP contribution in [0.4, 0.5) is 0 Å². The first-order valence-corrected chi connectivity index (χ1v) is 6.68. The van der Waals surface area contributed by atoms with Crippen LogP contribution in [0.3, 0.4) is 0 Å². The van der Waals surface area contributed by atoms with E-state index in [4.69, 9.17) is 5.73 Å². The van der Waals surface area contributed by atoms with Crippen molar-refractivity contribution in [2.75, 3.05) is 6.54 Å². The van der Waals surface area contributed by atoms with E-state index in [1.54, 1.807) is 4.99 Å². The highest BCUT2D eigenvalue weighted by atomic mass is 79.9. The van der Waals surface area contributed by atoms with Crippen LogP contribution in [0.15, 0.2) is 23.7 Å². The van der Waals surface area contributed by atoms with E-state index in [2.05, 4.69) is 34.4 Å². The molecule has 1 fully saturated rings. The van der Waals surface area contributed by atoms with Crippen molar-refractivity contribution < 1.29 is 9.59 Å². The fourth-order valence-corrected chi connectivity index (χ4v) is 0.865. The van der Waals surface area contributed by atoms with Crippen molar-refractivity contribution in [2.24, 2.45) is 11.7 Å². The molecule has 0 aromatic rings. The Morgan fingerprint density at radius 1 is 1.50 bits per heavy atom. The van der Waals surface area contributed by atoms with Crippen LogP contribution in [0, 0.1) is 5.92 Å². The van der Waals surface area contributed by atoms with Gasteiger partial charge in [-0.15, -0.1) is 6.58 Å². The summed E-state index contributed by atoms with van der Waals surface area (Å²) in [5.41, 5.74) is 6.06. The molecule has 0 radical (unpaired) electrons. The average Bonchev–Trinajstić information content (AvgIpc) is 2.68. The summed E-state index contributed by atoms with van der Waals surface area (Å²) in [4.78, 5) is 22.5. The highest BCUT2D eigenvalue weighted by Crippen LogP contribution is 2.06. The van der Waals surface area contributed by atoms with Gasteiger partial charge < -0.3 is 11.1 Å². The van der Waals surface area contributed by atoms with E-state index < -0.39 is 11.8 Å². The molecule has 0 aliphatic carbocycles. The number of nitrogens with one attached hydrogen (secondary N) is 1. The lowest BCUT2D eigenvalue weighted by Crippen LogP contribution is -2.30. The normalized spacial score (nSPS) is 15.4. The fourth-order valence-electron chi connectivity index (χ4n) is 0.865. The molecule has 1 saturated heterocycles. The molecule has 3 N–H and O–H groups in total. The number of amides is 2. The lowest BCUT2D eigenvalue weighted by atomic mass is 10.1. The molecule has 18 heavy (non-hydrogen) atoms. The molecular formula is C13H25BrN2O2. The smallest absolute Gasteiger partial charge is 0.232 e. The zero-order valence-electron chi connectivity index (χ0n) is 11.8. The molecule has 0 saturated carbocycles. The SMILES string of the molecule is C=C(C)C.C=CBr.CC.NC(=O)[C@@H]1CCNC1=O. The Balaban J connectivity index is -0.000000212. The Morgan fingerprint density at radius 2 is 1.83 bits per heavy atom. The molecular weight excluding hydrogens is 296 g/mol. The fraction of sp³-hybridized carbons (Fsp3) is 0.538. The third kappa shape index (κ3) is 17.3. The average molecular weight is 321 g/mol. The molecule has 1 aliphatic heterocycles. The number of primary amides is 1. The van der Waals surface area contributed by atoms with Crippen molar-refractivity contribution in [1.29, 1.82) is 0 Å². The minimum Gasteiger partial charge on any atom is -0.369 e. The molecule has 106 valence electrons. The zero-order valence-corrected chi connectivity index (χ0v) is 13.3. The van der Waals surface area contributed by atoms with Crippen molar-refractivity contribution in [3.05, 3.63) is 23.7 Å². The molecule has 0 bridgehead atoms. The van der Waals surface area contributed by atoms with Crippen molar-refractivity contribution in [1.82, 2.24) is 5.32 Å². The summed E-state index contributed by atoms with van der Waals surface area (Å²) in [7, 11) is 0. The molecule has 1 heterocycles. The van der Waals surface area contributed by atoms with E-state index >= 15 is 0 Å². The predicted molar refractivity (Wildman–Crippen MR) is 81.3 cm³/mol. The second kappa shape index (κ2) is 15.9. The molecule has 1 aliphatic rings. The first kappa shape index (κ1) is 22.1. The van der Waals surface area contributed by atoms with Gasteiger partial charge in [0.05, 0.1) is 0 Å². The van der Waals surface area contributed by atoms with Crippen LogP contribution < -0.4 is 11.1 Å². The van der Waals surface area contributed by atoms with E-state index in [0.29, 0.717) is 13.0 Å². The highest BCUT2D eigenvalue weighted by molar-refractivity contribution is 9.11. The number of carbonyl (C=O) groups excluding carboxylic acids is 2. The number of rotatable bonds is 1. The lowest BCUT2D eigenvalue weighted by Gasteiger charge is -1.96. The molecule has 1 atom stereocenters. The van der Waals surface area contributed by atoms with Gasteiger partial charge in [0, 0.05) is 6.54 Å². The molecule has 4 nitrogen and oxygen atoms in total. The van der Waals surface area contributed by atoms with Crippen LogP contribution in [-0.2, 0) is 9.59 Å². The third-order valence-corrected chi connectivity index (χ3v) is 1.39. The Hall–Kier alpha value is -1.10. The minimum absolute atomic E-state index is 0.234. The van der Waals surface area contributed by atoms with Crippen LogP contribution in [0.2, 0.25) is 0 Å². The second-order valence-corrected chi connectivity index (χ2v) is 4.04. The number of carbonyl (C=O) groups is 2. The first-order chi connectivity index (χ1) is 8.36. The largest absolute Gasteiger partial charge is 0.369 e. The van der Waals surface area contributed by atoms with Gasteiger partial charge in [0.25, 0.3) is 0 Å². The first-order valence-electron chi connectivity index (χ1n) is 5.77. The predicted octanol–water partition coefficient (Wildman–Crippen LogP) is 2.74. The van der Waals surface area contributed by atoms with E-state index in [-0.39, 0.29) is 5.91 Å². The summed E-state index contributed by atoms with van der Waals surface area (Å²) in [5.74, 6) is -1.34. The van der Waals surface area contributed by atoms with Gasteiger partial charge in [0.2, 0.25) is 11.8 Å². The Kier molecular flexibility index (Phi) is 19.5. The van der Waals surface area contributed by atoms with Crippen molar-refractivity contribution in [2.45, 2.75) is 34.1 Å². The number of nitrogens with two attached hydrogens (primary N) is 1. The summed E-state index contributed by atoms with van der Waals surface area (Å²) in [5, 5.41) is 2.51. The Bertz CT molecular complexity index is 262. The Morgan fingerprint density at radius 3 is 1.94 bits per heavy atom. The van der Waals surface area contributed by atoms with Crippen molar-refractivity contribution >= 4 is 27.7 Å². The van der Waals surface area contributed by atoms with Gasteiger partial charge in [-0.25, -0.2) is 0 Å². The summed E-state index contributed by atoms with van der Waals surface area (Å²) in [6, 6.07) is 0. The van der Waals surface area contributed by atoms with Crippen LogP contribution in [0.1, 0.15) is 34.1 Å². The number of hydrogen-bond acceptors (Lipinski definition) is 2. The number of halogens is 1. The van der Waals surface area contributed by atoms with Gasteiger partial charge in [0.1, 0.15) is 5.92 Å². The number of hydrogen-bond donors (Lipinski definition) is 2. The van der Waals surface area contributed by atoms with Crippen LogP contribution in [0.5, 0.6) is 0 Å². The summed E-state index contributed by atoms with van der Waals surface area (Å²) < 4.78 is 0. The van der Waals surface area contributed by atoms with Crippen LogP contribution in [-0.4, -0.2) is 18.4 Å². The lowest BCUT2D eigenvalue weighted by molar-refractivity contribution is -0.131. The Labute approximate surface area is 119 Å². The van der Waals surface area contributed by atoms with Gasteiger partial charge in [-0.3, -0.25) is 9.59 Å². The topological polar surface area (TPSA) is 72.2 Å². The number of allylic oxidation sites excluding steroid dienone is 1. The maximum absolute atomic E-state index is 10.6. The highest BCUT2D eigenvalue weighted by Gasteiger charge is 2.28. The van der Waals surface area contributed by atoms with Gasteiger partial charge >= 0.3 is 0 Å². The van der Waals surface area contributed by atoms with E-state index in [1.807, 2.05) is 27.7 Å². The second-order valence-electron chi connectivity index (χ2n) is 3.40. The molecule has 0 spiro atoms. The summed E-state index contributed by atoms with van der Waals surface area (Å²) in [6.07, 6.45) is 0.550. The maximum Gasteiger partial charge on any atom is 0.232 e. The molecule has 1 rings (SSSR count). The summed E-state index contributed by atoms with van der Waals surface area (Å²) in [6.45, 7) is 15.4. The molecule has 0 unspecified atom stereocenters. The molecule has 0 aromatic heterocycles. The molecule has 0 aromatic carbocycles. The summed E-state index contributed by atoms with van der Waals surface area (Å²) >= 11 is 2.91. The van der Waals surface area contributed by atoms with Gasteiger partial charge in [-0.1, -0.05) is 41.9 Å². The monoisotopic (exact) mass is 320 g/mol. The maximum atomic E-state index is 10.6. The van der Waals surface area contributed by atoms with Crippen LogP contribution >= 0.6 is 15.9 Å². The van der Waals surface area contributed by atoms with Crippen molar-refractivity contribution in [3.8, 4) is 0 Å². The standard InChI is InChI=1S/C5H8N2O2.C4H8.C2H3Br.C2H6/c6-4(8)3-1-2-7-5(3)9;1-4(2)3;1-2-3;1-2/h3H,1-2H2,(H2,6,8)(H,7,9);1H2,2-3H3;2H,1H2;1-2H3/t3-;;;/m0.../s1. The van der Waals surface area contributed by atoms with Crippen LogP contribution in [0.25, 0.3) is 0 Å². The van der Waals surface area contributed by atoms with E-state index in [1.165, 1.54) is 5.57 Å². The van der Waals surface area contributed by atoms with Crippen molar-refractivity contribution in [3.63, 3.8) is 0 Å². The van der Waals surface area contributed by atoms with Gasteiger partial charge in [-0.05, 0) is 25.3 Å². The van der Waals surface area contributed by atoms with Gasteiger partial charge in [0.15, 0.2) is 0 Å². The minimum atomic E-state index is -0.579. The van der Waals surface area contributed by atoms with E-state index in [0.717, 1.165) is 0 Å². The van der Waals surface area contributed by atoms with Gasteiger partial charge in [-0.2, -0.15) is 0 Å². The van der Waals surface area contributed by atoms with E-state index in [9.17, 15) is 9.59 Å². The quantitative estimate of drug-likeness (QED) is 0.576. The zero-order chi connectivity index (χ0) is 15.1. The molecule has 5 heteroatoms. The third-order valence-electron chi connectivity index (χ3n) is 1.39.